The fourth-order valence-electron chi connectivity index (χ4n) is 0.928. The van der Waals surface area contributed by atoms with Gasteiger partial charge in [0.05, 0.1) is 6.07 Å². The predicted octanol–water partition coefficient (Wildman–Crippen LogP) is 1.70. The van der Waals surface area contributed by atoms with Crippen molar-refractivity contribution in [3.05, 3.63) is 0 Å². The monoisotopic (exact) mass is 188 g/mol. The zero-order valence-electron chi connectivity index (χ0n) is 8.55. The number of nitrogens with zero attached hydrogens (tertiary/aromatic N) is 1. The van der Waals surface area contributed by atoms with E-state index in [4.69, 9.17) is 11.0 Å². The predicted molar refractivity (Wildman–Crippen MR) is 57.7 cm³/mol. The van der Waals surface area contributed by atoms with Crippen molar-refractivity contribution >= 4 is 10.0 Å². The Kier molecular flexibility index (Phi) is 4.09. The Balaban J connectivity index is 3.66. The van der Waals surface area contributed by atoms with Crippen molar-refractivity contribution in [2.75, 3.05) is 24.5 Å². The van der Waals surface area contributed by atoms with Crippen LogP contribution in [-0.2, 0) is 0 Å². The summed E-state index contributed by atoms with van der Waals surface area (Å²) in [6.07, 6.45) is 8.74. The molecule has 2 nitrogen and oxygen atoms in total. The molecule has 0 spiro atoms. The molecule has 3 heteroatoms. The average molecular weight is 188 g/mol. The minimum absolute atomic E-state index is 0.420. The molecule has 0 aromatic heterocycles. The highest BCUT2D eigenvalue weighted by Crippen LogP contribution is 2.35. The van der Waals surface area contributed by atoms with Gasteiger partial charge < -0.3 is 5.73 Å². The molecule has 0 fully saturated rings. The molecule has 0 amide bonds. The van der Waals surface area contributed by atoms with Gasteiger partial charge in [0.2, 0.25) is 0 Å². The lowest BCUT2D eigenvalue weighted by Gasteiger charge is -2.26. The van der Waals surface area contributed by atoms with Crippen LogP contribution in [0.4, 0.5) is 0 Å². The second-order valence-corrected chi connectivity index (χ2v) is 9.02. The molecule has 0 bridgehead atoms. The van der Waals surface area contributed by atoms with Gasteiger partial charge in [0, 0.05) is 0 Å². The van der Waals surface area contributed by atoms with E-state index in [1.807, 2.05) is 0 Å². The number of nitriles is 1. The van der Waals surface area contributed by atoms with Gasteiger partial charge in [0.25, 0.3) is 0 Å². The van der Waals surface area contributed by atoms with Crippen molar-refractivity contribution in [2.45, 2.75) is 25.3 Å². The standard InChI is InChI=1S/C9H20N2S/c1-9(11,8-10)6-5-7-12(2,3)4/h5-7,11H2,1-4H3. The zero-order valence-corrected chi connectivity index (χ0v) is 9.37. The van der Waals surface area contributed by atoms with Crippen LogP contribution in [0.5, 0.6) is 0 Å². The fourth-order valence-corrected chi connectivity index (χ4v) is 1.94. The average Bonchev–Trinajstić information content (AvgIpc) is 1.84. The second kappa shape index (κ2) is 4.15. The van der Waals surface area contributed by atoms with Gasteiger partial charge in [0.15, 0.2) is 0 Å². The molecule has 0 saturated carbocycles. The third kappa shape index (κ3) is 6.51. The Morgan fingerprint density at radius 1 is 1.42 bits per heavy atom. The van der Waals surface area contributed by atoms with Gasteiger partial charge in [-0.25, -0.2) is 10.0 Å². The molecule has 0 aliphatic rings. The summed E-state index contributed by atoms with van der Waals surface area (Å²) in [6, 6.07) is 2.11. The molecule has 0 rings (SSSR count). The van der Waals surface area contributed by atoms with E-state index in [9.17, 15) is 0 Å². The summed E-state index contributed by atoms with van der Waals surface area (Å²) in [7, 11) is -0.420. The maximum absolute atomic E-state index is 8.66. The van der Waals surface area contributed by atoms with Crippen molar-refractivity contribution < 1.29 is 0 Å². The largest absolute Gasteiger partial charge is 0.314 e. The molecule has 0 aliphatic carbocycles. The summed E-state index contributed by atoms with van der Waals surface area (Å²) in [5, 5.41) is 8.66. The maximum Gasteiger partial charge on any atom is 0.101 e. The van der Waals surface area contributed by atoms with Crippen molar-refractivity contribution in [1.82, 2.24) is 0 Å². The third-order valence-corrected chi connectivity index (χ3v) is 3.22. The van der Waals surface area contributed by atoms with Crippen LogP contribution in [0.1, 0.15) is 19.8 Å². The lowest BCUT2D eigenvalue weighted by Crippen LogP contribution is -2.34. The van der Waals surface area contributed by atoms with E-state index in [1.54, 1.807) is 6.92 Å². The highest BCUT2D eigenvalue weighted by molar-refractivity contribution is 8.32. The first-order valence-electron chi connectivity index (χ1n) is 4.13. The molecule has 0 aromatic rings. The minimum Gasteiger partial charge on any atom is -0.314 e. The van der Waals surface area contributed by atoms with Crippen molar-refractivity contribution in [3.8, 4) is 6.07 Å². The van der Waals surface area contributed by atoms with Crippen LogP contribution in [0.3, 0.4) is 0 Å². The summed E-state index contributed by atoms with van der Waals surface area (Å²) in [6.45, 7) is 1.80. The number of hydrogen-bond donors (Lipinski definition) is 1. The summed E-state index contributed by atoms with van der Waals surface area (Å²) >= 11 is 0. The van der Waals surface area contributed by atoms with Gasteiger partial charge in [0.1, 0.15) is 5.54 Å². The molecule has 1 unspecified atom stereocenters. The molecule has 0 heterocycles. The molecular weight excluding hydrogens is 168 g/mol. The van der Waals surface area contributed by atoms with Gasteiger partial charge in [-0.05, 0) is 44.3 Å². The van der Waals surface area contributed by atoms with Crippen LogP contribution < -0.4 is 5.73 Å². The van der Waals surface area contributed by atoms with Gasteiger partial charge in [-0.2, -0.15) is 5.26 Å². The molecule has 0 aliphatic heterocycles. The van der Waals surface area contributed by atoms with Crippen molar-refractivity contribution in [1.29, 1.82) is 5.26 Å². The Hall–Kier alpha value is -0.200. The summed E-state index contributed by atoms with van der Waals surface area (Å²) in [4.78, 5) is 0. The summed E-state index contributed by atoms with van der Waals surface area (Å²) in [5.74, 6) is 1.21. The third-order valence-electron chi connectivity index (χ3n) is 1.71. The Labute approximate surface area is 77.5 Å². The smallest absolute Gasteiger partial charge is 0.101 e. The normalized spacial score (nSPS) is 18.0. The van der Waals surface area contributed by atoms with Crippen molar-refractivity contribution in [2.24, 2.45) is 5.73 Å². The minimum atomic E-state index is -0.620. The van der Waals surface area contributed by atoms with Crippen LogP contribution in [0.15, 0.2) is 0 Å². The molecular formula is C9H20N2S. The maximum atomic E-state index is 8.66. The Morgan fingerprint density at radius 2 is 1.92 bits per heavy atom. The van der Waals surface area contributed by atoms with E-state index in [2.05, 4.69) is 24.8 Å². The number of nitrogens with two attached hydrogens (primary N) is 1. The topological polar surface area (TPSA) is 49.8 Å². The van der Waals surface area contributed by atoms with Gasteiger partial charge in [-0.3, -0.25) is 0 Å². The van der Waals surface area contributed by atoms with E-state index < -0.39 is 15.6 Å². The molecule has 0 radical (unpaired) electrons. The van der Waals surface area contributed by atoms with Gasteiger partial charge in [-0.1, -0.05) is 0 Å². The highest BCUT2D eigenvalue weighted by Gasteiger charge is 2.17. The van der Waals surface area contributed by atoms with Crippen LogP contribution in [-0.4, -0.2) is 30.1 Å². The van der Waals surface area contributed by atoms with Gasteiger partial charge in [-0.15, -0.1) is 0 Å². The second-order valence-electron chi connectivity index (χ2n) is 4.43. The molecule has 0 aromatic carbocycles. The summed E-state index contributed by atoms with van der Waals surface area (Å²) < 4.78 is 0. The molecule has 0 saturated heterocycles. The lowest BCUT2D eigenvalue weighted by atomic mass is 10.0. The first-order chi connectivity index (χ1) is 5.27. The van der Waals surface area contributed by atoms with Crippen LogP contribution >= 0.6 is 10.0 Å². The Morgan fingerprint density at radius 3 is 2.25 bits per heavy atom. The van der Waals surface area contributed by atoms with Crippen molar-refractivity contribution in [3.63, 3.8) is 0 Å². The number of rotatable bonds is 4. The highest BCUT2D eigenvalue weighted by atomic mass is 32.3. The first kappa shape index (κ1) is 11.8. The zero-order chi connectivity index (χ0) is 9.83. The van der Waals surface area contributed by atoms with E-state index in [-0.39, 0.29) is 0 Å². The summed E-state index contributed by atoms with van der Waals surface area (Å²) in [5.41, 5.74) is 5.07. The SMILES string of the molecule is CC(N)(C#N)CCCS(C)(C)C. The van der Waals surface area contributed by atoms with E-state index >= 15 is 0 Å². The quantitative estimate of drug-likeness (QED) is 0.730. The molecule has 1 atom stereocenters. The Bertz CT molecular complexity index is 174. The molecule has 12 heavy (non-hydrogen) atoms. The van der Waals surface area contributed by atoms with Gasteiger partial charge >= 0.3 is 0 Å². The van der Waals surface area contributed by atoms with E-state index in [0.717, 1.165) is 12.8 Å². The molecule has 72 valence electrons. The fraction of sp³-hybridized carbons (Fsp3) is 0.889. The van der Waals surface area contributed by atoms with Crippen LogP contribution in [0, 0.1) is 11.3 Å². The number of hydrogen-bond acceptors (Lipinski definition) is 2. The molecule has 2 N–H and O–H groups in total. The van der Waals surface area contributed by atoms with E-state index in [0.29, 0.717) is 0 Å². The van der Waals surface area contributed by atoms with Crippen LogP contribution in [0.2, 0.25) is 0 Å². The van der Waals surface area contributed by atoms with E-state index in [1.165, 1.54) is 5.75 Å². The first-order valence-corrected chi connectivity index (χ1v) is 7.16. The van der Waals surface area contributed by atoms with Crippen LogP contribution in [0.25, 0.3) is 0 Å². The lowest BCUT2D eigenvalue weighted by molar-refractivity contribution is 0.540.